The number of aliphatic carboxylic acids is 1. The zero-order chi connectivity index (χ0) is 14.6. The SMILES string of the molecule is CC[N+]1(C)CCOCC1.COCCOCCC(=O)O. The van der Waals surface area contributed by atoms with Crippen molar-refractivity contribution in [2.24, 2.45) is 0 Å². The first-order chi connectivity index (χ1) is 9.04. The van der Waals surface area contributed by atoms with Crippen molar-refractivity contribution in [2.45, 2.75) is 13.3 Å². The maximum atomic E-state index is 9.92. The second-order valence-corrected chi connectivity index (χ2v) is 4.74. The van der Waals surface area contributed by atoms with Crippen LogP contribution in [0.15, 0.2) is 0 Å². The number of carboxylic acids is 1. The van der Waals surface area contributed by atoms with Gasteiger partial charge in [0.1, 0.15) is 13.1 Å². The number of quaternary nitrogens is 1. The van der Waals surface area contributed by atoms with E-state index in [0.717, 1.165) is 13.2 Å². The molecule has 6 nitrogen and oxygen atoms in total. The molecule has 1 N–H and O–H groups in total. The Morgan fingerprint density at radius 1 is 1.26 bits per heavy atom. The van der Waals surface area contributed by atoms with E-state index in [1.54, 1.807) is 7.11 Å². The summed E-state index contributed by atoms with van der Waals surface area (Å²) in [6.07, 6.45) is 0.0592. The van der Waals surface area contributed by atoms with E-state index in [0.29, 0.717) is 13.2 Å². The second kappa shape index (κ2) is 11.2. The van der Waals surface area contributed by atoms with Crippen LogP contribution in [0.2, 0.25) is 0 Å². The highest BCUT2D eigenvalue weighted by molar-refractivity contribution is 5.66. The van der Waals surface area contributed by atoms with Gasteiger partial charge in [0.15, 0.2) is 0 Å². The van der Waals surface area contributed by atoms with Crippen molar-refractivity contribution in [1.82, 2.24) is 0 Å². The lowest BCUT2D eigenvalue weighted by Gasteiger charge is -2.36. The van der Waals surface area contributed by atoms with E-state index in [-0.39, 0.29) is 13.0 Å². The standard InChI is InChI=1S/C7H16NO.C6H12O4/c1-3-8(2)4-6-9-7-5-8;1-9-4-5-10-3-2-6(7)8/h3-7H2,1-2H3;2-5H2,1H3,(H,7,8)/q+1;. The zero-order valence-electron chi connectivity index (χ0n) is 12.4. The Hall–Kier alpha value is -0.690. The topological polar surface area (TPSA) is 65.0 Å². The lowest BCUT2D eigenvalue weighted by atomic mass is 10.3. The number of carboxylic acid groups (broad SMARTS) is 1. The molecule has 6 heteroatoms. The molecule has 0 unspecified atom stereocenters. The Morgan fingerprint density at radius 2 is 1.89 bits per heavy atom. The molecule has 1 heterocycles. The van der Waals surface area contributed by atoms with Crippen LogP contribution < -0.4 is 0 Å². The number of hydrogen-bond acceptors (Lipinski definition) is 4. The van der Waals surface area contributed by atoms with E-state index in [9.17, 15) is 4.79 Å². The summed E-state index contributed by atoms with van der Waals surface area (Å²) in [4.78, 5) is 9.92. The fraction of sp³-hybridized carbons (Fsp3) is 0.923. The second-order valence-electron chi connectivity index (χ2n) is 4.74. The highest BCUT2D eigenvalue weighted by Crippen LogP contribution is 2.05. The van der Waals surface area contributed by atoms with Crippen molar-refractivity contribution < 1.29 is 28.6 Å². The van der Waals surface area contributed by atoms with Crippen molar-refractivity contribution in [3.05, 3.63) is 0 Å². The number of rotatable bonds is 7. The van der Waals surface area contributed by atoms with Crippen LogP contribution in [0.3, 0.4) is 0 Å². The Balaban J connectivity index is 0.000000342. The van der Waals surface area contributed by atoms with E-state index < -0.39 is 5.97 Å². The quantitative estimate of drug-likeness (QED) is 0.546. The predicted octanol–water partition coefficient (Wildman–Crippen LogP) is 0.607. The number of methoxy groups -OCH3 is 1. The summed E-state index contributed by atoms with van der Waals surface area (Å²) < 4.78 is 16.0. The molecular formula is C13H28NO5+. The minimum Gasteiger partial charge on any atom is -0.481 e. The van der Waals surface area contributed by atoms with Crippen LogP contribution in [0.4, 0.5) is 0 Å². The molecule has 1 fully saturated rings. The molecule has 114 valence electrons. The first-order valence-electron chi connectivity index (χ1n) is 6.74. The smallest absolute Gasteiger partial charge is 0.305 e. The summed E-state index contributed by atoms with van der Waals surface area (Å²) >= 11 is 0. The highest BCUT2D eigenvalue weighted by Gasteiger charge is 2.21. The third-order valence-electron chi connectivity index (χ3n) is 3.21. The Labute approximate surface area is 115 Å². The van der Waals surface area contributed by atoms with Crippen LogP contribution in [0, 0.1) is 0 Å². The van der Waals surface area contributed by atoms with Crippen LogP contribution in [-0.2, 0) is 19.0 Å². The van der Waals surface area contributed by atoms with Crippen LogP contribution >= 0.6 is 0 Å². The van der Waals surface area contributed by atoms with E-state index in [2.05, 4.69) is 18.7 Å². The van der Waals surface area contributed by atoms with Crippen molar-refractivity contribution >= 4 is 5.97 Å². The van der Waals surface area contributed by atoms with Gasteiger partial charge < -0.3 is 23.8 Å². The van der Waals surface area contributed by atoms with Crippen molar-refractivity contribution in [2.75, 3.05) is 66.8 Å². The van der Waals surface area contributed by atoms with Gasteiger partial charge in [-0.2, -0.15) is 0 Å². The number of likely N-dealkylation sites (N-methyl/N-ethyl adjacent to an activating group) is 1. The van der Waals surface area contributed by atoms with Gasteiger partial charge in [0, 0.05) is 7.11 Å². The molecule has 1 aliphatic heterocycles. The number of hydrogen-bond donors (Lipinski definition) is 1. The molecule has 1 saturated heterocycles. The van der Waals surface area contributed by atoms with Gasteiger partial charge in [-0.05, 0) is 6.92 Å². The van der Waals surface area contributed by atoms with Gasteiger partial charge in [0.2, 0.25) is 0 Å². The van der Waals surface area contributed by atoms with Gasteiger partial charge >= 0.3 is 5.97 Å². The van der Waals surface area contributed by atoms with Gasteiger partial charge in [-0.3, -0.25) is 4.79 Å². The zero-order valence-corrected chi connectivity index (χ0v) is 12.4. The van der Waals surface area contributed by atoms with Gasteiger partial charge in [0.05, 0.1) is 53.0 Å². The molecule has 0 radical (unpaired) electrons. The Kier molecular flexibility index (Phi) is 10.8. The first kappa shape index (κ1) is 18.3. The highest BCUT2D eigenvalue weighted by atomic mass is 16.5. The maximum absolute atomic E-state index is 9.92. The lowest BCUT2D eigenvalue weighted by Crippen LogP contribution is -2.51. The van der Waals surface area contributed by atoms with Crippen LogP contribution in [0.1, 0.15) is 13.3 Å². The van der Waals surface area contributed by atoms with Gasteiger partial charge in [-0.15, -0.1) is 0 Å². The van der Waals surface area contributed by atoms with Crippen molar-refractivity contribution in [3.8, 4) is 0 Å². The molecule has 0 amide bonds. The molecule has 0 aromatic carbocycles. The number of carbonyl (C=O) groups is 1. The van der Waals surface area contributed by atoms with Gasteiger partial charge in [-0.1, -0.05) is 0 Å². The molecule has 0 spiro atoms. The van der Waals surface area contributed by atoms with Crippen LogP contribution in [0.25, 0.3) is 0 Å². The fourth-order valence-electron chi connectivity index (χ4n) is 1.50. The molecule has 19 heavy (non-hydrogen) atoms. The van der Waals surface area contributed by atoms with E-state index in [1.165, 1.54) is 24.1 Å². The number of ether oxygens (including phenoxy) is 3. The molecule has 0 aliphatic carbocycles. The minimum atomic E-state index is -0.836. The largest absolute Gasteiger partial charge is 0.481 e. The summed E-state index contributed by atoms with van der Waals surface area (Å²) in [5.41, 5.74) is 0. The van der Waals surface area contributed by atoms with Crippen LogP contribution in [-0.4, -0.2) is 82.4 Å². The normalized spacial score (nSPS) is 17.4. The molecule has 1 rings (SSSR count). The van der Waals surface area contributed by atoms with E-state index in [4.69, 9.17) is 14.6 Å². The monoisotopic (exact) mass is 278 g/mol. The van der Waals surface area contributed by atoms with E-state index in [1.807, 2.05) is 0 Å². The molecule has 0 aromatic rings. The lowest BCUT2D eigenvalue weighted by molar-refractivity contribution is -0.915. The number of nitrogens with zero attached hydrogens (tertiary/aromatic N) is 1. The molecule has 0 aromatic heterocycles. The average Bonchev–Trinajstić information content (AvgIpc) is 2.40. The summed E-state index contributed by atoms with van der Waals surface area (Å²) in [6, 6.07) is 0. The molecule has 0 bridgehead atoms. The third kappa shape index (κ3) is 10.9. The minimum absolute atomic E-state index is 0.0592. The first-order valence-corrected chi connectivity index (χ1v) is 6.74. The van der Waals surface area contributed by atoms with Crippen molar-refractivity contribution in [1.29, 1.82) is 0 Å². The summed E-state index contributed by atoms with van der Waals surface area (Å²) in [7, 11) is 3.86. The average molecular weight is 278 g/mol. The molecule has 0 atom stereocenters. The predicted molar refractivity (Wildman–Crippen MR) is 72.2 cm³/mol. The van der Waals surface area contributed by atoms with Gasteiger partial charge in [0.25, 0.3) is 0 Å². The third-order valence-corrected chi connectivity index (χ3v) is 3.21. The van der Waals surface area contributed by atoms with Crippen LogP contribution in [0.5, 0.6) is 0 Å². The summed E-state index contributed by atoms with van der Waals surface area (Å²) in [5.74, 6) is -0.836. The number of morpholine rings is 1. The maximum Gasteiger partial charge on any atom is 0.305 e. The Bertz CT molecular complexity index is 229. The summed E-state index contributed by atoms with van der Waals surface area (Å²) in [5, 5.41) is 8.16. The molecular weight excluding hydrogens is 250 g/mol. The van der Waals surface area contributed by atoms with E-state index >= 15 is 0 Å². The molecule has 1 aliphatic rings. The van der Waals surface area contributed by atoms with Gasteiger partial charge in [-0.25, -0.2) is 0 Å². The molecule has 0 saturated carbocycles. The van der Waals surface area contributed by atoms with Crippen molar-refractivity contribution in [3.63, 3.8) is 0 Å². The Morgan fingerprint density at radius 3 is 2.32 bits per heavy atom. The summed E-state index contributed by atoms with van der Waals surface area (Å²) in [6.45, 7) is 9.00. The fourth-order valence-corrected chi connectivity index (χ4v) is 1.50.